The molecule has 1 amide bonds. The number of hydrogen-bond acceptors (Lipinski definition) is 6. The molecule has 33 heavy (non-hydrogen) atoms. The van der Waals surface area contributed by atoms with E-state index in [1.807, 2.05) is 11.0 Å². The molecule has 12 heteroatoms. The number of hydrogen-bond donors (Lipinski definition) is 1. The van der Waals surface area contributed by atoms with Gasteiger partial charge in [-0.15, -0.1) is 10.2 Å². The molecule has 0 atom stereocenters. The summed E-state index contributed by atoms with van der Waals surface area (Å²) in [4.78, 5) is 16.2. The third-order valence-corrected chi connectivity index (χ3v) is 6.53. The van der Waals surface area contributed by atoms with Gasteiger partial charge in [-0.25, -0.2) is 4.68 Å². The van der Waals surface area contributed by atoms with E-state index < -0.39 is 11.7 Å². The second kappa shape index (κ2) is 9.52. The van der Waals surface area contributed by atoms with E-state index in [1.165, 1.54) is 10.7 Å². The van der Waals surface area contributed by atoms with E-state index in [4.69, 9.17) is 17.4 Å². The van der Waals surface area contributed by atoms with Crippen molar-refractivity contribution >= 4 is 35.0 Å². The first-order chi connectivity index (χ1) is 15.7. The summed E-state index contributed by atoms with van der Waals surface area (Å²) < 4.78 is 40.2. The largest absolute Gasteiger partial charge is 0.416 e. The molecular weight excluding hydrogens is 477 g/mol. The van der Waals surface area contributed by atoms with Crippen molar-refractivity contribution in [2.75, 3.05) is 42.7 Å². The maximum Gasteiger partial charge on any atom is 0.416 e. The maximum absolute atomic E-state index is 13.0. The van der Waals surface area contributed by atoms with Crippen molar-refractivity contribution in [2.24, 2.45) is 0 Å². The molecule has 0 bridgehead atoms. The molecule has 0 saturated carbocycles. The lowest BCUT2D eigenvalue weighted by Gasteiger charge is -2.36. The first kappa shape index (κ1) is 23.2. The molecule has 1 aromatic heterocycles. The maximum atomic E-state index is 13.0. The molecule has 1 aliphatic heterocycles. The molecule has 2 aromatic carbocycles. The summed E-state index contributed by atoms with van der Waals surface area (Å²) in [6.45, 7) is 1.72. The molecule has 7 nitrogen and oxygen atoms in total. The summed E-state index contributed by atoms with van der Waals surface area (Å²) in [5.74, 6) is 6.50. The topological polar surface area (TPSA) is 80.3 Å². The highest BCUT2D eigenvalue weighted by Gasteiger charge is 2.31. The van der Waals surface area contributed by atoms with Gasteiger partial charge in [0.15, 0.2) is 5.82 Å². The van der Waals surface area contributed by atoms with Gasteiger partial charge in [-0.1, -0.05) is 41.6 Å². The van der Waals surface area contributed by atoms with Crippen LogP contribution in [0.4, 0.5) is 18.9 Å². The lowest BCUT2D eigenvalue weighted by atomic mass is 10.1. The highest BCUT2D eigenvalue weighted by atomic mass is 35.5. The lowest BCUT2D eigenvalue weighted by Crippen LogP contribution is -2.49. The number of nitrogen functional groups attached to an aromatic ring is 1. The minimum absolute atomic E-state index is 0.106. The molecule has 0 unspecified atom stereocenters. The molecule has 174 valence electrons. The molecule has 1 aliphatic rings. The van der Waals surface area contributed by atoms with E-state index in [9.17, 15) is 18.0 Å². The average molecular weight is 497 g/mol. The minimum atomic E-state index is -4.39. The molecular formula is C21H20ClF3N6OS. The van der Waals surface area contributed by atoms with E-state index in [2.05, 4.69) is 10.2 Å². The number of alkyl halides is 3. The van der Waals surface area contributed by atoms with E-state index in [-0.39, 0.29) is 11.7 Å². The molecule has 0 spiro atoms. The van der Waals surface area contributed by atoms with Gasteiger partial charge >= 0.3 is 6.18 Å². The predicted molar refractivity (Wildman–Crippen MR) is 122 cm³/mol. The summed E-state index contributed by atoms with van der Waals surface area (Å²) in [6, 6.07) is 12.3. The zero-order chi connectivity index (χ0) is 23.6. The number of aromatic nitrogens is 3. The summed E-state index contributed by atoms with van der Waals surface area (Å²) in [6.07, 6.45) is -4.39. The number of anilines is 1. The van der Waals surface area contributed by atoms with Crippen LogP contribution in [0.5, 0.6) is 0 Å². The number of benzene rings is 2. The van der Waals surface area contributed by atoms with Crippen LogP contribution in [0.15, 0.2) is 53.7 Å². The van der Waals surface area contributed by atoms with Gasteiger partial charge in [0, 0.05) is 37.4 Å². The van der Waals surface area contributed by atoms with Crippen molar-refractivity contribution in [2.45, 2.75) is 11.3 Å². The van der Waals surface area contributed by atoms with Crippen molar-refractivity contribution in [3.8, 4) is 11.4 Å². The number of piperazine rings is 1. The Morgan fingerprint density at radius 3 is 2.48 bits per heavy atom. The number of nitrogens with zero attached hydrogens (tertiary/aromatic N) is 5. The summed E-state index contributed by atoms with van der Waals surface area (Å²) in [5, 5.41) is 8.99. The number of halogens is 4. The number of carbonyl (C=O) groups excluding carboxylic acids is 1. The molecule has 2 heterocycles. The highest BCUT2D eigenvalue weighted by molar-refractivity contribution is 7.99. The van der Waals surface area contributed by atoms with Gasteiger partial charge in [0.2, 0.25) is 11.1 Å². The van der Waals surface area contributed by atoms with Gasteiger partial charge in [0.1, 0.15) is 0 Å². The van der Waals surface area contributed by atoms with Crippen LogP contribution < -0.4 is 10.7 Å². The van der Waals surface area contributed by atoms with Crippen molar-refractivity contribution in [3.63, 3.8) is 0 Å². The van der Waals surface area contributed by atoms with E-state index in [0.717, 1.165) is 23.9 Å². The molecule has 3 aromatic rings. The van der Waals surface area contributed by atoms with Crippen LogP contribution >= 0.6 is 23.4 Å². The summed E-state index contributed by atoms with van der Waals surface area (Å²) in [5.41, 5.74) is 0.449. The Morgan fingerprint density at radius 1 is 1.06 bits per heavy atom. The van der Waals surface area contributed by atoms with Gasteiger partial charge in [0.05, 0.1) is 16.3 Å². The molecule has 4 rings (SSSR count). The van der Waals surface area contributed by atoms with Crippen molar-refractivity contribution in [1.82, 2.24) is 19.8 Å². The van der Waals surface area contributed by atoms with Crippen LogP contribution in [-0.4, -0.2) is 57.6 Å². The summed E-state index contributed by atoms with van der Waals surface area (Å²) >= 11 is 7.36. The number of rotatable bonds is 5. The number of thioether (sulfide) groups is 1. The summed E-state index contributed by atoms with van der Waals surface area (Å²) in [7, 11) is 0. The fourth-order valence-corrected chi connectivity index (χ4v) is 4.49. The van der Waals surface area contributed by atoms with Crippen LogP contribution in [0, 0.1) is 0 Å². The van der Waals surface area contributed by atoms with Crippen molar-refractivity contribution in [1.29, 1.82) is 0 Å². The lowest BCUT2D eigenvalue weighted by molar-refractivity contribution is -0.137. The van der Waals surface area contributed by atoms with E-state index in [0.29, 0.717) is 53.4 Å². The van der Waals surface area contributed by atoms with Crippen LogP contribution in [0.1, 0.15) is 5.56 Å². The normalized spacial score (nSPS) is 14.5. The quantitative estimate of drug-likeness (QED) is 0.428. The molecule has 0 aliphatic carbocycles. The van der Waals surface area contributed by atoms with Gasteiger partial charge < -0.3 is 15.6 Å². The minimum Gasteiger partial charge on any atom is -0.368 e. The van der Waals surface area contributed by atoms with Gasteiger partial charge in [-0.2, -0.15) is 13.2 Å². The van der Waals surface area contributed by atoms with E-state index >= 15 is 0 Å². The van der Waals surface area contributed by atoms with Crippen molar-refractivity contribution in [3.05, 3.63) is 59.1 Å². The standard InChI is InChI=1S/C21H20ClF3N6OS/c22-17-7-2-1-6-16(17)19-27-28-20(31(19)26)33-13-18(32)30-10-8-29(9-11-30)15-5-3-4-14(12-15)21(23,24)25/h1-7,12H,8-11,13,26H2. The molecule has 1 saturated heterocycles. The Bertz CT molecular complexity index is 1150. The zero-order valence-electron chi connectivity index (χ0n) is 17.3. The molecule has 2 N–H and O–H groups in total. The number of nitrogens with two attached hydrogens (primary N) is 1. The number of carbonyl (C=O) groups is 1. The average Bonchev–Trinajstić information content (AvgIpc) is 3.17. The van der Waals surface area contributed by atoms with Crippen LogP contribution in [-0.2, 0) is 11.0 Å². The highest BCUT2D eigenvalue weighted by Crippen LogP contribution is 2.32. The SMILES string of the molecule is Nn1c(SCC(=O)N2CCN(c3cccc(C(F)(F)F)c3)CC2)nnc1-c1ccccc1Cl. The van der Waals surface area contributed by atoms with Crippen LogP contribution in [0.2, 0.25) is 5.02 Å². The third kappa shape index (κ3) is 5.19. The van der Waals surface area contributed by atoms with E-state index in [1.54, 1.807) is 29.2 Å². The van der Waals surface area contributed by atoms with Crippen LogP contribution in [0.25, 0.3) is 11.4 Å². The number of amides is 1. The van der Waals surface area contributed by atoms with Gasteiger partial charge in [-0.05, 0) is 30.3 Å². The Kier molecular flexibility index (Phi) is 6.71. The van der Waals surface area contributed by atoms with Gasteiger partial charge in [-0.3, -0.25) is 4.79 Å². The fourth-order valence-electron chi connectivity index (χ4n) is 3.51. The Labute approximate surface area is 197 Å². The Balaban J connectivity index is 1.33. The third-order valence-electron chi connectivity index (χ3n) is 5.28. The van der Waals surface area contributed by atoms with Crippen molar-refractivity contribution < 1.29 is 18.0 Å². The molecule has 1 fully saturated rings. The van der Waals surface area contributed by atoms with Gasteiger partial charge in [0.25, 0.3) is 0 Å². The Hall–Kier alpha value is -2.92. The first-order valence-electron chi connectivity index (χ1n) is 10.0. The first-order valence-corrected chi connectivity index (χ1v) is 11.4. The molecule has 0 radical (unpaired) electrons. The van der Waals surface area contributed by atoms with Crippen LogP contribution in [0.3, 0.4) is 0 Å². The second-order valence-corrected chi connectivity index (χ2v) is 8.71. The Morgan fingerprint density at radius 2 is 1.79 bits per heavy atom. The predicted octanol–water partition coefficient (Wildman–Crippen LogP) is 3.77. The monoisotopic (exact) mass is 496 g/mol. The smallest absolute Gasteiger partial charge is 0.368 e. The zero-order valence-corrected chi connectivity index (χ0v) is 18.9. The second-order valence-electron chi connectivity index (χ2n) is 7.36. The fraction of sp³-hybridized carbons (Fsp3) is 0.286.